The zero-order chi connectivity index (χ0) is 17.2. The van der Waals surface area contributed by atoms with Gasteiger partial charge in [0.2, 0.25) is 11.8 Å². The maximum Gasteiger partial charge on any atom is 0.310 e. The van der Waals surface area contributed by atoms with Gasteiger partial charge >= 0.3 is 5.97 Å². The van der Waals surface area contributed by atoms with Gasteiger partial charge in [-0.05, 0) is 18.9 Å². The van der Waals surface area contributed by atoms with Gasteiger partial charge < -0.3 is 21.1 Å². The number of carbonyl (C=O) groups excluding carboxylic acids is 3. The number of nitrogens with one attached hydrogen (secondary N) is 2. The van der Waals surface area contributed by atoms with E-state index in [2.05, 4.69) is 10.6 Å². The van der Waals surface area contributed by atoms with Crippen LogP contribution in [0, 0.1) is 12.8 Å². The molecule has 0 aliphatic rings. The third kappa shape index (κ3) is 6.92. The second-order valence-electron chi connectivity index (χ2n) is 5.20. The summed E-state index contributed by atoms with van der Waals surface area (Å²) >= 11 is 0. The second-order valence-corrected chi connectivity index (χ2v) is 5.20. The van der Waals surface area contributed by atoms with Crippen LogP contribution in [-0.4, -0.2) is 44.5 Å². The summed E-state index contributed by atoms with van der Waals surface area (Å²) < 4.78 is 4.79. The van der Waals surface area contributed by atoms with E-state index in [1.807, 2.05) is 31.2 Å². The van der Waals surface area contributed by atoms with Crippen LogP contribution in [0.1, 0.15) is 11.1 Å². The van der Waals surface area contributed by atoms with Crippen molar-refractivity contribution in [2.24, 2.45) is 11.7 Å². The Bertz CT molecular complexity index is 560. The minimum Gasteiger partial charge on any atom is -0.469 e. The second kappa shape index (κ2) is 9.58. The minimum absolute atomic E-state index is 0.137. The minimum atomic E-state index is -0.490. The molecule has 7 nitrogen and oxygen atoms in total. The topological polar surface area (TPSA) is 111 Å². The maximum atomic E-state index is 11.9. The number of amides is 2. The van der Waals surface area contributed by atoms with Gasteiger partial charge in [-0.3, -0.25) is 14.4 Å². The van der Waals surface area contributed by atoms with Gasteiger partial charge in [-0.2, -0.15) is 0 Å². The van der Waals surface area contributed by atoms with Gasteiger partial charge in [0, 0.05) is 6.54 Å². The molecule has 23 heavy (non-hydrogen) atoms. The van der Waals surface area contributed by atoms with Crippen molar-refractivity contribution in [1.82, 2.24) is 10.6 Å². The van der Waals surface area contributed by atoms with Crippen LogP contribution in [-0.2, 0) is 25.5 Å². The van der Waals surface area contributed by atoms with E-state index in [1.54, 1.807) is 0 Å². The molecule has 0 aromatic heterocycles. The normalized spacial score (nSPS) is 11.4. The fourth-order valence-electron chi connectivity index (χ4n) is 2.08. The summed E-state index contributed by atoms with van der Waals surface area (Å²) in [6.45, 7) is 1.76. The highest BCUT2D eigenvalue weighted by Crippen LogP contribution is 2.12. The molecule has 0 aliphatic heterocycles. The van der Waals surface area contributed by atoms with E-state index in [-0.39, 0.29) is 25.5 Å². The van der Waals surface area contributed by atoms with E-state index < -0.39 is 17.8 Å². The van der Waals surface area contributed by atoms with Gasteiger partial charge in [0.1, 0.15) is 0 Å². The lowest BCUT2D eigenvalue weighted by molar-refractivity contribution is -0.145. The molecule has 126 valence electrons. The Morgan fingerprint density at radius 1 is 1.22 bits per heavy atom. The molecular formula is C16H23N3O4. The quantitative estimate of drug-likeness (QED) is 0.560. The molecule has 1 unspecified atom stereocenters. The van der Waals surface area contributed by atoms with Gasteiger partial charge in [-0.15, -0.1) is 0 Å². The number of carbonyl (C=O) groups is 3. The number of esters is 1. The third-order valence-electron chi connectivity index (χ3n) is 3.28. The van der Waals surface area contributed by atoms with Crippen LogP contribution in [0.15, 0.2) is 24.3 Å². The summed E-state index contributed by atoms with van der Waals surface area (Å²) in [5, 5.41) is 4.98. The van der Waals surface area contributed by atoms with Crippen molar-refractivity contribution in [3.05, 3.63) is 35.4 Å². The Morgan fingerprint density at radius 2 is 1.96 bits per heavy atom. The first-order valence-electron chi connectivity index (χ1n) is 7.33. The molecule has 0 fully saturated rings. The molecule has 2 amide bonds. The van der Waals surface area contributed by atoms with Gasteiger partial charge in [0.25, 0.3) is 0 Å². The van der Waals surface area contributed by atoms with Crippen LogP contribution in [0.4, 0.5) is 0 Å². The van der Waals surface area contributed by atoms with Crippen LogP contribution in [0.25, 0.3) is 0 Å². The fourth-order valence-corrected chi connectivity index (χ4v) is 2.08. The standard InChI is InChI=1S/C16H23N3O4/c1-11-4-3-5-12(6-11)7-13(16(22)23-2)9-18-15(21)10-19-14(20)8-17/h3-6,13H,7-10,17H2,1-2H3,(H,18,21)(H,19,20). The zero-order valence-electron chi connectivity index (χ0n) is 13.4. The van der Waals surface area contributed by atoms with Gasteiger partial charge in [0.15, 0.2) is 0 Å². The molecule has 0 heterocycles. The Hall–Kier alpha value is -2.41. The van der Waals surface area contributed by atoms with E-state index >= 15 is 0 Å². The highest BCUT2D eigenvalue weighted by atomic mass is 16.5. The van der Waals surface area contributed by atoms with Crippen molar-refractivity contribution in [2.75, 3.05) is 26.7 Å². The van der Waals surface area contributed by atoms with Crippen molar-refractivity contribution < 1.29 is 19.1 Å². The van der Waals surface area contributed by atoms with Crippen LogP contribution in [0.5, 0.6) is 0 Å². The molecule has 0 radical (unpaired) electrons. The Kier molecular flexibility index (Phi) is 7.76. The monoisotopic (exact) mass is 321 g/mol. The molecular weight excluding hydrogens is 298 g/mol. The SMILES string of the molecule is COC(=O)C(CNC(=O)CNC(=O)CN)Cc1cccc(C)c1. The molecule has 4 N–H and O–H groups in total. The van der Waals surface area contributed by atoms with Gasteiger partial charge in [-0.25, -0.2) is 0 Å². The van der Waals surface area contributed by atoms with Gasteiger partial charge in [0.05, 0.1) is 26.1 Å². The number of rotatable bonds is 8. The highest BCUT2D eigenvalue weighted by molar-refractivity contribution is 5.85. The first kappa shape index (κ1) is 18.6. The number of benzene rings is 1. The number of aryl methyl sites for hydroxylation is 1. The lowest BCUT2D eigenvalue weighted by Gasteiger charge is -2.16. The molecule has 7 heteroatoms. The maximum absolute atomic E-state index is 11.9. The first-order chi connectivity index (χ1) is 11.0. The molecule has 0 aliphatic carbocycles. The molecule has 1 aromatic rings. The lowest BCUT2D eigenvalue weighted by atomic mass is 9.98. The average Bonchev–Trinajstić information content (AvgIpc) is 2.55. The Balaban J connectivity index is 2.56. The lowest BCUT2D eigenvalue weighted by Crippen LogP contribution is -2.42. The Labute approximate surface area is 135 Å². The molecule has 0 saturated carbocycles. The highest BCUT2D eigenvalue weighted by Gasteiger charge is 2.20. The Morgan fingerprint density at radius 3 is 2.57 bits per heavy atom. The van der Waals surface area contributed by atoms with Crippen molar-refractivity contribution in [3.63, 3.8) is 0 Å². The molecule has 0 spiro atoms. The predicted molar refractivity (Wildman–Crippen MR) is 85.5 cm³/mol. The number of ether oxygens (including phenoxy) is 1. The summed E-state index contributed by atoms with van der Waals surface area (Å²) in [5.74, 6) is -1.68. The van der Waals surface area contributed by atoms with Crippen molar-refractivity contribution >= 4 is 17.8 Å². The number of nitrogens with two attached hydrogens (primary N) is 1. The van der Waals surface area contributed by atoms with E-state index in [0.717, 1.165) is 11.1 Å². The van der Waals surface area contributed by atoms with E-state index in [1.165, 1.54) is 7.11 Å². The average molecular weight is 321 g/mol. The van der Waals surface area contributed by atoms with E-state index in [0.29, 0.717) is 6.42 Å². The van der Waals surface area contributed by atoms with Crippen molar-refractivity contribution in [3.8, 4) is 0 Å². The molecule has 1 atom stereocenters. The zero-order valence-corrected chi connectivity index (χ0v) is 13.4. The van der Waals surface area contributed by atoms with Crippen LogP contribution < -0.4 is 16.4 Å². The fraction of sp³-hybridized carbons (Fsp3) is 0.438. The van der Waals surface area contributed by atoms with Crippen LogP contribution in [0.3, 0.4) is 0 Å². The predicted octanol–water partition coefficient (Wildman–Crippen LogP) is -0.482. The summed E-state index contributed by atoms with van der Waals surface area (Å²) in [4.78, 5) is 34.5. The number of hydrogen-bond acceptors (Lipinski definition) is 5. The molecule has 0 bridgehead atoms. The smallest absolute Gasteiger partial charge is 0.310 e. The molecule has 0 saturated heterocycles. The van der Waals surface area contributed by atoms with Crippen LogP contribution in [0.2, 0.25) is 0 Å². The van der Waals surface area contributed by atoms with E-state index in [4.69, 9.17) is 10.5 Å². The largest absolute Gasteiger partial charge is 0.469 e. The summed E-state index contributed by atoms with van der Waals surface area (Å²) in [6, 6.07) is 7.80. The van der Waals surface area contributed by atoms with Crippen molar-refractivity contribution in [1.29, 1.82) is 0 Å². The van der Waals surface area contributed by atoms with Crippen LogP contribution >= 0.6 is 0 Å². The number of methoxy groups -OCH3 is 1. The van der Waals surface area contributed by atoms with Crippen molar-refractivity contribution in [2.45, 2.75) is 13.3 Å². The summed E-state index contributed by atoms with van der Waals surface area (Å²) in [7, 11) is 1.31. The van der Waals surface area contributed by atoms with E-state index in [9.17, 15) is 14.4 Å². The first-order valence-corrected chi connectivity index (χ1v) is 7.33. The summed E-state index contributed by atoms with van der Waals surface area (Å²) in [5.41, 5.74) is 7.22. The number of hydrogen-bond donors (Lipinski definition) is 3. The van der Waals surface area contributed by atoms with Gasteiger partial charge in [-0.1, -0.05) is 29.8 Å². The molecule has 1 aromatic carbocycles. The molecule has 1 rings (SSSR count). The third-order valence-corrected chi connectivity index (χ3v) is 3.28. The summed E-state index contributed by atoms with van der Waals surface area (Å²) in [6.07, 6.45) is 0.462.